The highest BCUT2D eigenvalue weighted by Crippen LogP contribution is 2.08. The molecule has 0 unspecified atom stereocenters. The van der Waals surface area contributed by atoms with Crippen LogP contribution >= 0.6 is 0 Å². The monoisotopic (exact) mass is 167 g/mol. The summed E-state index contributed by atoms with van der Waals surface area (Å²) in [6.45, 7) is 4.28. The van der Waals surface area contributed by atoms with E-state index in [4.69, 9.17) is 5.73 Å². The fourth-order valence-electron chi connectivity index (χ4n) is 0.811. The average molecular weight is 167 g/mol. The van der Waals surface area contributed by atoms with Gasteiger partial charge in [0, 0.05) is 6.54 Å². The molecule has 1 rings (SSSR count). The number of rotatable bonds is 2. The molecule has 0 aromatic heterocycles. The third kappa shape index (κ3) is 3.51. The van der Waals surface area contributed by atoms with Crippen LogP contribution < -0.4 is 5.73 Å². The minimum absolute atomic E-state index is 0.282. The van der Waals surface area contributed by atoms with Crippen LogP contribution in [0.4, 0.5) is 0 Å². The first-order valence-electron chi connectivity index (χ1n) is 4.27. The molecular weight excluding hydrogens is 150 g/mol. The molecule has 1 aromatic rings. The van der Waals surface area contributed by atoms with E-state index < -0.39 is 6.10 Å². The van der Waals surface area contributed by atoms with Crippen molar-refractivity contribution in [3.8, 4) is 0 Å². The van der Waals surface area contributed by atoms with Gasteiger partial charge in [0.05, 0.1) is 6.10 Å². The lowest BCUT2D eigenvalue weighted by molar-refractivity contribution is 0.187. The van der Waals surface area contributed by atoms with Gasteiger partial charge in [-0.15, -0.1) is 0 Å². The maximum atomic E-state index is 9.20. The van der Waals surface area contributed by atoms with Crippen molar-refractivity contribution in [3.63, 3.8) is 0 Å². The van der Waals surface area contributed by atoms with Gasteiger partial charge in [0.2, 0.25) is 0 Å². The van der Waals surface area contributed by atoms with Crippen LogP contribution in [0, 0.1) is 0 Å². The summed E-state index contributed by atoms with van der Waals surface area (Å²) in [7, 11) is 0. The molecule has 0 saturated heterocycles. The Balaban J connectivity index is 0.000000561. The number of hydrogen-bond donors (Lipinski definition) is 2. The Morgan fingerprint density at radius 2 is 1.75 bits per heavy atom. The second kappa shape index (κ2) is 6.83. The average Bonchev–Trinajstić information content (AvgIpc) is 2.21. The lowest BCUT2D eigenvalue weighted by atomic mass is 10.1. The summed E-state index contributed by atoms with van der Waals surface area (Å²) < 4.78 is 0. The smallest absolute Gasteiger partial charge is 0.0912 e. The predicted molar refractivity (Wildman–Crippen MR) is 51.8 cm³/mol. The molecule has 0 aliphatic heterocycles. The predicted octanol–water partition coefficient (Wildman–Crippen LogP) is 1.70. The van der Waals surface area contributed by atoms with Crippen LogP contribution in [0.15, 0.2) is 30.3 Å². The lowest BCUT2D eigenvalue weighted by Gasteiger charge is -2.05. The number of aliphatic hydroxyl groups is 1. The normalized spacial score (nSPS) is 11.3. The molecule has 0 radical (unpaired) electrons. The van der Waals surface area contributed by atoms with E-state index in [0.717, 1.165) is 5.56 Å². The topological polar surface area (TPSA) is 46.2 Å². The van der Waals surface area contributed by atoms with E-state index in [1.54, 1.807) is 0 Å². The van der Waals surface area contributed by atoms with Gasteiger partial charge < -0.3 is 10.8 Å². The Kier molecular flexibility index (Phi) is 6.34. The Bertz CT molecular complexity index is 186. The van der Waals surface area contributed by atoms with Gasteiger partial charge in [-0.2, -0.15) is 0 Å². The number of nitrogens with two attached hydrogens (primary N) is 1. The van der Waals surface area contributed by atoms with E-state index >= 15 is 0 Å². The van der Waals surface area contributed by atoms with Gasteiger partial charge in [0.1, 0.15) is 0 Å². The van der Waals surface area contributed by atoms with Crippen LogP contribution in [-0.2, 0) is 0 Å². The van der Waals surface area contributed by atoms with Gasteiger partial charge in [-0.05, 0) is 5.56 Å². The fourth-order valence-corrected chi connectivity index (χ4v) is 0.811. The number of aliphatic hydroxyl groups excluding tert-OH is 1. The van der Waals surface area contributed by atoms with E-state index in [-0.39, 0.29) is 6.54 Å². The third-order valence-corrected chi connectivity index (χ3v) is 1.41. The van der Waals surface area contributed by atoms with Crippen molar-refractivity contribution in [1.29, 1.82) is 0 Å². The van der Waals surface area contributed by atoms with E-state index in [9.17, 15) is 5.11 Å². The molecule has 68 valence electrons. The van der Waals surface area contributed by atoms with Crippen molar-refractivity contribution in [2.45, 2.75) is 20.0 Å². The van der Waals surface area contributed by atoms with Crippen molar-refractivity contribution in [2.24, 2.45) is 5.73 Å². The van der Waals surface area contributed by atoms with Crippen molar-refractivity contribution in [1.82, 2.24) is 0 Å². The van der Waals surface area contributed by atoms with Crippen molar-refractivity contribution >= 4 is 0 Å². The van der Waals surface area contributed by atoms with Gasteiger partial charge in [0.15, 0.2) is 0 Å². The van der Waals surface area contributed by atoms with Gasteiger partial charge in [-0.3, -0.25) is 0 Å². The first-order valence-corrected chi connectivity index (χ1v) is 4.27. The van der Waals surface area contributed by atoms with Crippen molar-refractivity contribution < 1.29 is 5.11 Å². The van der Waals surface area contributed by atoms with Gasteiger partial charge in [-0.1, -0.05) is 44.2 Å². The molecule has 1 aromatic carbocycles. The summed E-state index contributed by atoms with van der Waals surface area (Å²) in [5.41, 5.74) is 6.13. The molecule has 0 bridgehead atoms. The summed E-state index contributed by atoms with van der Waals surface area (Å²) in [5, 5.41) is 9.20. The Morgan fingerprint density at radius 3 is 2.17 bits per heavy atom. The van der Waals surface area contributed by atoms with Crippen LogP contribution in [0.1, 0.15) is 25.5 Å². The van der Waals surface area contributed by atoms with Crippen LogP contribution in [-0.4, -0.2) is 11.7 Å². The van der Waals surface area contributed by atoms with Crippen LogP contribution in [0.5, 0.6) is 0 Å². The Morgan fingerprint density at radius 1 is 1.25 bits per heavy atom. The van der Waals surface area contributed by atoms with E-state index in [0.29, 0.717) is 0 Å². The molecule has 2 heteroatoms. The van der Waals surface area contributed by atoms with E-state index in [2.05, 4.69) is 0 Å². The van der Waals surface area contributed by atoms with Crippen molar-refractivity contribution in [3.05, 3.63) is 35.9 Å². The molecular formula is C10H17NO. The molecule has 12 heavy (non-hydrogen) atoms. The van der Waals surface area contributed by atoms with Crippen LogP contribution in [0.2, 0.25) is 0 Å². The summed E-state index contributed by atoms with van der Waals surface area (Å²) in [4.78, 5) is 0. The zero-order valence-corrected chi connectivity index (χ0v) is 7.70. The highest BCUT2D eigenvalue weighted by molar-refractivity contribution is 5.17. The Labute approximate surface area is 74.0 Å². The Hall–Kier alpha value is -0.860. The molecule has 0 spiro atoms. The molecule has 3 N–H and O–H groups in total. The standard InChI is InChI=1S/C8H11NO.C2H6/c9-6-8(10)7-4-2-1-3-5-7;1-2/h1-5,8,10H,6,9H2;1-2H3/t8-;/m1./s1. The summed E-state index contributed by atoms with van der Waals surface area (Å²) in [6.07, 6.45) is -0.513. The minimum Gasteiger partial charge on any atom is -0.387 e. The van der Waals surface area contributed by atoms with Gasteiger partial charge >= 0.3 is 0 Å². The zero-order valence-electron chi connectivity index (χ0n) is 7.70. The maximum Gasteiger partial charge on any atom is 0.0912 e. The molecule has 0 aliphatic carbocycles. The molecule has 0 amide bonds. The van der Waals surface area contributed by atoms with Gasteiger partial charge in [0.25, 0.3) is 0 Å². The number of hydrogen-bond acceptors (Lipinski definition) is 2. The van der Waals surface area contributed by atoms with E-state index in [1.165, 1.54) is 0 Å². The van der Waals surface area contributed by atoms with Gasteiger partial charge in [-0.25, -0.2) is 0 Å². The highest BCUT2D eigenvalue weighted by Gasteiger charge is 2.01. The van der Waals surface area contributed by atoms with Crippen LogP contribution in [0.3, 0.4) is 0 Å². The lowest BCUT2D eigenvalue weighted by Crippen LogP contribution is -2.10. The summed E-state index contributed by atoms with van der Waals surface area (Å²) >= 11 is 0. The van der Waals surface area contributed by atoms with Crippen molar-refractivity contribution in [2.75, 3.05) is 6.54 Å². The first-order chi connectivity index (χ1) is 5.84. The minimum atomic E-state index is -0.513. The SMILES string of the molecule is CC.NC[C@@H](O)c1ccccc1. The quantitative estimate of drug-likeness (QED) is 0.704. The summed E-state index contributed by atoms with van der Waals surface area (Å²) in [6, 6.07) is 9.39. The summed E-state index contributed by atoms with van der Waals surface area (Å²) in [5.74, 6) is 0. The van der Waals surface area contributed by atoms with E-state index in [1.807, 2.05) is 44.2 Å². The molecule has 0 heterocycles. The second-order valence-electron chi connectivity index (χ2n) is 2.16. The largest absolute Gasteiger partial charge is 0.387 e. The first kappa shape index (κ1) is 11.1. The number of benzene rings is 1. The fraction of sp³-hybridized carbons (Fsp3) is 0.400. The second-order valence-corrected chi connectivity index (χ2v) is 2.16. The highest BCUT2D eigenvalue weighted by atomic mass is 16.3. The van der Waals surface area contributed by atoms with Crippen LogP contribution in [0.25, 0.3) is 0 Å². The molecule has 0 aliphatic rings. The maximum absolute atomic E-state index is 9.20. The zero-order chi connectivity index (χ0) is 9.40. The molecule has 2 nitrogen and oxygen atoms in total. The molecule has 0 fully saturated rings. The third-order valence-electron chi connectivity index (χ3n) is 1.41. The molecule has 0 saturated carbocycles. The molecule has 1 atom stereocenters.